The highest BCUT2D eigenvalue weighted by Crippen LogP contribution is 2.29. The maximum Gasteiger partial charge on any atom is 0.471 e. The van der Waals surface area contributed by atoms with Crippen LogP contribution in [-0.4, -0.2) is 31.2 Å². The Morgan fingerprint density at radius 2 is 2.00 bits per heavy atom. The van der Waals surface area contributed by atoms with Gasteiger partial charge >= 0.3 is 18.2 Å². The third-order valence-corrected chi connectivity index (χ3v) is 3.30. The second-order valence-electron chi connectivity index (χ2n) is 5.22. The van der Waals surface area contributed by atoms with E-state index in [2.05, 4.69) is 34.9 Å². The van der Waals surface area contributed by atoms with Crippen LogP contribution in [0.3, 0.4) is 0 Å². The Balaban J connectivity index is 1.59. The Bertz CT molecular complexity index is 942. The van der Waals surface area contributed by atoms with Gasteiger partial charge in [-0.15, -0.1) is 0 Å². The summed E-state index contributed by atoms with van der Waals surface area (Å²) in [5.41, 5.74) is 1.73. The van der Waals surface area contributed by atoms with Crippen LogP contribution in [0.25, 0.3) is 11.4 Å². The van der Waals surface area contributed by atoms with E-state index in [9.17, 15) is 18.0 Å². The summed E-state index contributed by atoms with van der Waals surface area (Å²) < 4.78 is 46.5. The molecule has 12 heteroatoms. The van der Waals surface area contributed by atoms with Crippen LogP contribution >= 0.6 is 0 Å². The molecule has 3 heterocycles. The van der Waals surface area contributed by atoms with Gasteiger partial charge in [-0.25, -0.2) is 14.8 Å². The highest BCUT2D eigenvalue weighted by Gasteiger charge is 2.38. The minimum absolute atomic E-state index is 0.00662. The van der Waals surface area contributed by atoms with E-state index in [0.29, 0.717) is 0 Å². The van der Waals surface area contributed by atoms with Crippen molar-refractivity contribution in [3.8, 4) is 11.4 Å². The smallest absolute Gasteiger partial charge is 0.444 e. The lowest BCUT2D eigenvalue weighted by atomic mass is 10.2. The molecule has 0 saturated carbocycles. The molecule has 9 nitrogen and oxygen atoms in total. The molecule has 0 saturated heterocycles. The van der Waals surface area contributed by atoms with Gasteiger partial charge in [-0.05, 0) is 18.6 Å². The molecule has 0 aromatic carbocycles. The lowest BCUT2D eigenvalue weighted by molar-refractivity contribution is -0.159. The Labute approximate surface area is 149 Å². The number of hydrogen-bond donors (Lipinski definition) is 1. The molecule has 3 rings (SSSR count). The number of alkyl halides is 3. The highest BCUT2D eigenvalue weighted by atomic mass is 19.4. The molecule has 27 heavy (non-hydrogen) atoms. The van der Waals surface area contributed by atoms with Crippen molar-refractivity contribution in [1.29, 1.82) is 0 Å². The summed E-state index contributed by atoms with van der Waals surface area (Å²) in [6.45, 7) is 1.86. The van der Waals surface area contributed by atoms with Crippen molar-refractivity contribution in [2.24, 2.45) is 0 Å². The Morgan fingerprint density at radius 1 is 1.26 bits per heavy atom. The second-order valence-corrected chi connectivity index (χ2v) is 5.22. The van der Waals surface area contributed by atoms with Crippen LogP contribution in [0.5, 0.6) is 0 Å². The van der Waals surface area contributed by atoms with Gasteiger partial charge in [0.05, 0.1) is 5.56 Å². The van der Waals surface area contributed by atoms with Gasteiger partial charge in [0.15, 0.2) is 0 Å². The van der Waals surface area contributed by atoms with E-state index >= 15 is 0 Å². The number of aromatic nitrogens is 5. The number of amides is 1. The van der Waals surface area contributed by atoms with Crippen LogP contribution in [0.1, 0.15) is 17.0 Å². The van der Waals surface area contributed by atoms with E-state index < -0.39 is 18.2 Å². The maximum atomic E-state index is 12.5. The molecule has 1 N–H and O–H groups in total. The first-order chi connectivity index (χ1) is 12.8. The quantitative estimate of drug-likeness (QED) is 0.734. The molecule has 140 valence electrons. The van der Waals surface area contributed by atoms with Crippen LogP contribution in [0.15, 0.2) is 35.4 Å². The number of ether oxygens (including phenoxy) is 1. The van der Waals surface area contributed by atoms with E-state index in [1.807, 2.05) is 6.92 Å². The molecule has 0 fully saturated rings. The van der Waals surface area contributed by atoms with E-state index in [0.717, 1.165) is 23.5 Å². The van der Waals surface area contributed by atoms with E-state index in [1.165, 1.54) is 0 Å². The number of pyridine rings is 1. The number of anilines is 1. The van der Waals surface area contributed by atoms with E-state index in [4.69, 9.17) is 4.74 Å². The highest BCUT2D eigenvalue weighted by molar-refractivity contribution is 5.82. The van der Waals surface area contributed by atoms with Crippen LogP contribution in [0, 0.1) is 6.92 Å². The monoisotopic (exact) mass is 380 g/mol. The minimum atomic E-state index is -4.75. The summed E-state index contributed by atoms with van der Waals surface area (Å²) in [7, 11) is 0. The Hall–Kier alpha value is -3.57. The van der Waals surface area contributed by atoms with Gasteiger partial charge in [-0.1, -0.05) is 5.16 Å². The number of aryl methyl sites for hydroxylation is 1. The number of hydrogen-bond acceptors (Lipinski definition) is 8. The predicted octanol–water partition coefficient (Wildman–Crippen LogP) is 3.00. The fourth-order valence-corrected chi connectivity index (χ4v) is 1.88. The first-order valence-electron chi connectivity index (χ1n) is 7.39. The number of rotatable bonds is 4. The number of nitrogens with one attached hydrogen (secondary N) is 1. The van der Waals surface area contributed by atoms with Crippen LogP contribution in [0.2, 0.25) is 0 Å². The van der Waals surface area contributed by atoms with Crippen molar-refractivity contribution in [3.05, 3.63) is 47.9 Å². The SMILES string of the molecule is Cc1ccncc1COC(=O)Nc1ncc(-c2noc(C(F)(F)F)n2)cn1. The summed E-state index contributed by atoms with van der Waals surface area (Å²) in [5, 5.41) is 5.50. The van der Waals surface area contributed by atoms with E-state index in [-0.39, 0.29) is 23.9 Å². The van der Waals surface area contributed by atoms with Crippen LogP contribution in [-0.2, 0) is 17.5 Å². The first-order valence-corrected chi connectivity index (χ1v) is 7.39. The number of nitrogens with zero attached hydrogens (tertiary/aromatic N) is 5. The molecular weight excluding hydrogens is 369 g/mol. The zero-order valence-electron chi connectivity index (χ0n) is 13.7. The average molecular weight is 380 g/mol. The summed E-state index contributed by atoms with van der Waals surface area (Å²) in [6, 6.07) is 1.78. The molecule has 0 aliphatic heterocycles. The van der Waals surface area contributed by atoms with Crippen molar-refractivity contribution in [2.45, 2.75) is 19.7 Å². The van der Waals surface area contributed by atoms with Crippen molar-refractivity contribution in [3.63, 3.8) is 0 Å². The van der Waals surface area contributed by atoms with E-state index in [1.54, 1.807) is 18.5 Å². The van der Waals surface area contributed by atoms with Gasteiger partial charge in [-0.3, -0.25) is 10.3 Å². The topological polar surface area (TPSA) is 116 Å². The van der Waals surface area contributed by atoms with Crippen LogP contribution < -0.4 is 5.32 Å². The molecule has 3 aromatic rings. The molecule has 0 bridgehead atoms. The third-order valence-electron chi connectivity index (χ3n) is 3.30. The number of carbonyl (C=O) groups excluding carboxylic acids is 1. The first kappa shape index (κ1) is 18.2. The fourth-order valence-electron chi connectivity index (χ4n) is 1.88. The van der Waals surface area contributed by atoms with Gasteiger partial charge in [-0.2, -0.15) is 18.2 Å². The molecule has 0 atom stereocenters. The molecule has 3 aromatic heterocycles. The lowest BCUT2D eigenvalue weighted by Crippen LogP contribution is -2.15. The molecule has 0 unspecified atom stereocenters. The predicted molar refractivity (Wildman–Crippen MR) is 83.1 cm³/mol. The number of carbonyl (C=O) groups is 1. The summed E-state index contributed by atoms with van der Waals surface area (Å²) in [6.07, 6.45) is -0.0733. The fraction of sp³-hybridized carbons (Fsp3) is 0.200. The van der Waals surface area contributed by atoms with Crippen molar-refractivity contribution in [1.82, 2.24) is 25.1 Å². The largest absolute Gasteiger partial charge is 0.471 e. The minimum Gasteiger partial charge on any atom is -0.444 e. The van der Waals surface area contributed by atoms with Gasteiger partial charge in [0, 0.05) is 30.4 Å². The van der Waals surface area contributed by atoms with Crippen molar-refractivity contribution >= 4 is 12.0 Å². The molecule has 0 radical (unpaired) electrons. The summed E-state index contributed by atoms with van der Waals surface area (Å²) >= 11 is 0. The Kier molecular flexibility index (Phi) is 4.96. The second kappa shape index (κ2) is 7.35. The molecule has 0 spiro atoms. The molecule has 0 aliphatic carbocycles. The zero-order valence-corrected chi connectivity index (χ0v) is 13.7. The van der Waals surface area contributed by atoms with Gasteiger partial charge in [0.2, 0.25) is 11.8 Å². The van der Waals surface area contributed by atoms with Crippen molar-refractivity contribution in [2.75, 3.05) is 5.32 Å². The summed E-state index contributed by atoms with van der Waals surface area (Å²) in [4.78, 5) is 26.5. The normalized spacial score (nSPS) is 11.3. The van der Waals surface area contributed by atoms with Crippen molar-refractivity contribution < 1.29 is 27.2 Å². The summed E-state index contributed by atoms with van der Waals surface area (Å²) in [5.74, 6) is -1.91. The zero-order chi connectivity index (χ0) is 19.4. The maximum absolute atomic E-state index is 12.5. The standard InChI is InChI=1S/C15H11F3N6O3/c1-8-2-3-19-4-10(8)7-26-14(25)23-13-20-5-9(6-21-13)11-22-12(27-24-11)15(16,17)18/h2-6H,7H2,1H3,(H,20,21,23,25). The average Bonchev–Trinajstić information content (AvgIpc) is 3.12. The lowest BCUT2D eigenvalue weighted by Gasteiger charge is -2.07. The van der Waals surface area contributed by atoms with Crippen LogP contribution in [0.4, 0.5) is 23.9 Å². The Morgan fingerprint density at radius 3 is 2.63 bits per heavy atom. The third kappa shape index (κ3) is 4.54. The number of halogens is 3. The molecular formula is C15H11F3N6O3. The molecule has 0 aliphatic rings. The van der Waals surface area contributed by atoms with Gasteiger partial charge in [0.25, 0.3) is 0 Å². The van der Waals surface area contributed by atoms with Gasteiger partial charge in [0.1, 0.15) is 6.61 Å². The molecule has 1 amide bonds. The van der Waals surface area contributed by atoms with Gasteiger partial charge < -0.3 is 9.26 Å².